The summed E-state index contributed by atoms with van der Waals surface area (Å²) in [6.45, 7) is 0. The summed E-state index contributed by atoms with van der Waals surface area (Å²) in [5.41, 5.74) is 0.429. The molecule has 0 radical (unpaired) electrons. The molecule has 0 bridgehead atoms. The van der Waals surface area contributed by atoms with E-state index in [4.69, 9.17) is 11.6 Å². The van der Waals surface area contributed by atoms with Crippen molar-refractivity contribution >= 4 is 11.6 Å². The molecular formula is C15H17ClF4O. The van der Waals surface area contributed by atoms with Crippen molar-refractivity contribution in [1.29, 1.82) is 0 Å². The summed E-state index contributed by atoms with van der Waals surface area (Å²) in [5, 5.41) is 10.1. The molecule has 6 heteroatoms. The van der Waals surface area contributed by atoms with Gasteiger partial charge in [0.2, 0.25) is 0 Å². The zero-order valence-electron chi connectivity index (χ0n) is 11.3. The number of rotatable bonds is 3. The third-order valence-corrected chi connectivity index (χ3v) is 4.61. The first-order chi connectivity index (χ1) is 9.79. The van der Waals surface area contributed by atoms with Crippen LogP contribution in [0.4, 0.5) is 17.6 Å². The molecule has 0 amide bonds. The maximum atomic E-state index is 13.3. The van der Waals surface area contributed by atoms with E-state index < -0.39 is 29.9 Å². The third-order valence-electron chi connectivity index (χ3n) is 4.18. The Morgan fingerprint density at radius 3 is 2.67 bits per heavy atom. The Morgan fingerprint density at radius 1 is 1.29 bits per heavy atom. The normalized spacial score (nSPS) is 24.9. The van der Waals surface area contributed by atoms with Crippen molar-refractivity contribution < 1.29 is 22.7 Å². The van der Waals surface area contributed by atoms with E-state index in [0.717, 1.165) is 0 Å². The first kappa shape index (κ1) is 16.6. The van der Waals surface area contributed by atoms with Crippen molar-refractivity contribution in [3.63, 3.8) is 0 Å². The molecule has 118 valence electrons. The second-order valence-corrected chi connectivity index (χ2v) is 6.03. The second-order valence-electron chi connectivity index (χ2n) is 5.65. The van der Waals surface area contributed by atoms with Crippen LogP contribution in [-0.2, 0) is 6.42 Å². The fourth-order valence-electron chi connectivity index (χ4n) is 2.97. The van der Waals surface area contributed by atoms with Crippen LogP contribution in [0.15, 0.2) is 18.2 Å². The Labute approximate surface area is 125 Å². The van der Waals surface area contributed by atoms with Crippen LogP contribution in [0.5, 0.6) is 0 Å². The zero-order chi connectivity index (χ0) is 15.6. The number of halogens is 5. The van der Waals surface area contributed by atoms with E-state index in [2.05, 4.69) is 0 Å². The van der Waals surface area contributed by atoms with E-state index in [1.54, 1.807) is 6.07 Å². The second kappa shape index (κ2) is 6.53. The lowest BCUT2D eigenvalue weighted by molar-refractivity contribution is -0.188. The summed E-state index contributed by atoms with van der Waals surface area (Å²) in [6, 6.07) is 4.26. The van der Waals surface area contributed by atoms with E-state index in [0.29, 0.717) is 18.4 Å². The van der Waals surface area contributed by atoms with E-state index in [-0.39, 0.29) is 24.3 Å². The largest absolute Gasteiger partial charge is 0.392 e. The number of alkyl halides is 3. The first-order valence-corrected chi connectivity index (χ1v) is 7.34. The molecule has 0 saturated heterocycles. The third kappa shape index (κ3) is 4.10. The molecule has 3 unspecified atom stereocenters. The molecule has 1 aromatic rings. The molecule has 3 atom stereocenters. The summed E-state index contributed by atoms with van der Waals surface area (Å²) in [7, 11) is 0. The minimum absolute atomic E-state index is 0.0697. The summed E-state index contributed by atoms with van der Waals surface area (Å²) in [6.07, 6.45) is -4.02. The van der Waals surface area contributed by atoms with Gasteiger partial charge in [-0.2, -0.15) is 13.2 Å². The Bertz CT molecular complexity index is 489. The quantitative estimate of drug-likeness (QED) is 0.795. The van der Waals surface area contributed by atoms with E-state index in [9.17, 15) is 22.7 Å². The van der Waals surface area contributed by atoms with Gasteiger partial charge in [-0.1, -0.05) is 30.2 Å². The molecule has 21 heavy (non-hydrogen) atoms. The molecule has 2 rings (SSSR count). The Hall–Kier alpha value is -0.810. The van der Waals surface area contributed by atoms with Crippen LogP contribution in [0, 0.1) is 17.7 Å². The van der Waals surface area contributed by atoms with Gasteiger partial charge in [-0.05, 0) is 36.8 Å². The van der Waals surface area contributed by atoms with E-state index in [1.165, 1.54) is 12.1 Å². The lowest BCUT2D eigenvalue weighted by Gasteiger charge is -2.33. The molecule has 0 spiro atoms. The van der Waals surface area contributed by atoms with Gasteiger partial charge in [-0.3, -0.25) is 0 Å². The fourth-order valence-corrected chi connectivity index (χ4v) is 3.18. The fraction of sp³-hybridized carbons (Fsp3) is 0.600. The zero-order valence-corrected chi connectivity index (χ0v) is 12.1. The molecule has 1 N–H and O–H groups in total. The summed E-state index contributed by atoms with van der Waals surface area (Å²) >= 11 is 5.81. The molecule has 1 aliphatic carbocycles. The number of hydrogen-bond acceptors (Lipinski definition) is 1. The van der Waals surface area contributed by atoms with Gasteiger partial charge in [0.1, 0.15) is 5.82 Å². The highest BCUT2D eigenvalue weighted by Crippen LogP contribution is 2.41. The molecule has 1 aromatic carbocycles. The molecule has 0 aliphatic heterocycles. The molecular weight excluding hydrogens is 308 g/mol. The van der Waals surface area contributed by atoms with Crippen molar-refractivity contribution in [3.05, 3.63) is 34.6 Å². The van der Waals surface area contributed by atoms with Gasteiger partial charge in [0.25, 0.3) is 0 Å². The summed E-state index contributed by atoms with van der Waals surface area (Å²) in [5.74, 6) is -2.36. The highest BCUT2D eigenvalue weighted by molar-refractivity contribution is 6.31. The number of hydrogen-bond donors (Lipinski definition) is 1. The predicted octanol–water partition coefficient (Wildman–Crippen LogP) is 4.75. The van der Waals surface area contributed by atoms with Crippen LogP contribution >= 0.6 is 11.6 Å². The summed E-state index contributed by atoms with van der Waals surface area (Å²) in [4.78, 5) is 0. The molecule has 0 heterocycles. The van der Waals surface area contributed by atoms with Gasteiger partial charge >= 0.3 is 6.18 Å². The molecule has 1 aliphatic rings. The van der Waals surface area contributed by atoms with E-state index >= 15 is 0 Å². The minimum Gasteiger partial charge on any atom is -0.392 e. The smallest absolute Gasteiger partial charge is 0.391 e. The van der Waals surface area contributed by atoms with Crippen molar-refractivity contribution in [2.45, 2.75) is 44.4 Å². The topological polar surface area (TPSA) is 20.2 Å². The lowest BCUT2D eigenvalue weighted by Crippen LogP contribution is -2.34. The number of aliphatic hydroxyl groups excluding tert-OH is 1. The van der Waals surface area contributed by atoms with Crippen molar-refractivity contribution in [2.75, 3.05) is 0 Å². The molecule has 1 saturated carbocycles. The maximum absolute atomic E-state index is 13.3. The van der Waals surface area contributed by atoms with Gasteiger partial charge in [0.15, 0.2) is 0 Å². The Balaban J connectivity index is 2.03. The van der Waals surface area contributed by atoms with Crippen LogP contribution in [0.2, 0.25) is 5.02 Å². The Kier molecular flexibility index (Phi) is 5.15. The number of aliphatic hydroxyl groups is 1. The highest BCUT2D eigenvalue weighted by Gasteiger charge is 2.43. The van der Waals surface area contributed by atoms with Gasteiger partial charge < -0.3 is 5.11 Å². The SMILES string of the molecule is OC(Cc1cccc(F)c1Cl)C1CCCC(C(F)(F)F)C1. The van der Waals surface area contributed by atoms with Gasteiger partial charge in [0.05, 0.1) is 17.0 Å². The lowest BCUT2D eigenvalue weighted by atomic mass is 9.77. The van der Waals surface area contributed by atoms with Crippen LogP contribution in [0.1, 0.15) is 31.2 Å². The van der Waals surface area contributed by atoms with Crippen molar-refractivity contribution in [3.8, 4) is 0 Å². The average Bonchev–Trinajstić information content (AvgIpc) is 2.43. The van der Waals surface area contributed by atoms with E-state index in [1.807, 2.05) is 0 Å². The van der Waals surface area contributed by atoms with Crippen LogP contribution < -0.4 is 0 Å². The highest BCUT2D eigenvalue weighted by atomic mass is 35.5. The molecule has 1 nitrogen and oxygen atoms in total. The van der Waals surface area contributed by atoms with Crippen LogP contribution in [0.25, 0.3) is 0 Å². The van der Waals surface area contributed by atoms with Gasteiger partial charge in [-0.15, -0.1) is 0 Å². The van der Waals surface area contributed by atoms with Crippen molar-refractivity contribution in [2.24, 2.45) is 11.8 Å². The van der Waals surface area contributed by atoms with Crippen LogP contribution in [-0.4, -0.2) is 17.4 Å². The van der Waals surface area contributed by atoms with Crippen molar-refractivity contribution in [1.82, 2.24) is 0 Å². The van der Waals surface area contributed by atoms with Gasteiger partial charge in [-0.25, -0.2) is 4.39 Å². The monoisotopic (exact) mass is 324 g/mol. The standard InChI is InChI=1S/C15H17ClF4O/c16-14-10(4-2-6-12(14)17)8-13(21)9-3-1-5-11(7-9)15(18,19)20/h2,4,6,9,11,13,21H,1,3,5,7-8H2. The maximum Gasteiger partial charge on any atom is 0.391 e. The summed E-state index contributed by atoms with van der Waals surface area (Å²) < 4.78 is 51.6. The molecule has 0 aromatic heterocycles. The number of benzene rings is 1. The van der Waals surface area contributed by atoms with Crippen LogP contribution in [0.3, 0.4) is 0 Å². The minimum atomic E-state index is -4.21. The average molecular weight is 325 g/mol. The molecule has 1 fully saturated rings. The van der Waals surface area contributed by atoms with Gasteiger partial charge in [0, 0.05) is 6.42 Å². The predicted molar refractivity (Wildman–Crippen MR) is 72.6 cm³/mol. The first-order valence-electron chi connectivity index (χ1n) is 6.96. The Morgan fingerprint density at radius 2 is 2.00 bits per heavy atom.